The molecule has 3 fully saturated rings. The number of amidine groups is 1. The molecule has 2 aromatic rings. The minimum atomic E-state index is -0.158. The molecule has 6 heterocycles. The largest absolute Gasteiger partial charge is 0.481 e. The monoisotopic (exact) mass is 366 g/mol. The molecule has 4 aliphatic heterocycles. The second-order valence-corrected chi connectivity index (χ2v) is 7.34. The average molecular weight is 366 g/mol. The standard InChI is InChI=1S/C19H22N6O2/c1-26-17-3-2-13(9-20-17)15-8-16(23-12-22-15)24-18-21-10-19(27-18)11-25-6-4-14(19)5-7-25/h2-3,8-9,12,14H,4-7,10-11H2,1H3,(H,21,22,23,24). The molecule has 140 valence electrons. The molecule has 8 nitrogen and oxygen atoms in total. The number of hydrogen-bond donors (Lipinski definition) is 1. The van der Waals surface area contributed by atoms with Crippen molar-refractivity contribution in [2.45, 2.75) is 18.4 Å². The van der Waals surface area contributed by atoms with Crippen LogP contribution in [0, 0.1) is 5.92 Å². The molecule has 0 amide bonds. The highest BCUT2D eigenvalue weighted by Gasteiger charge is 2.51. The van der Waals surface area contributed by atoms with Gasteiger partial charge in [-0.25, -0.2) is 19.9 Å². The molecule has 8 heteroatoms. The summed E-state index contributed by atoms with van der Waals surface area (Å²) < 4.78 is 11.4. The first-order chi connectivity index (χ1) is 13.2. The van der Waals surface area contributed by atoms with E-state index in [1.165, 1.54) is 32.3 Å². The summed E-state index contributed by atoms with van der Waals surface area (Å²) in [6, 6.07) is 6.16. The van der Waals surface area contributed by atoms with Crippen molar-refractivity contribution in [1.29, 1.82) is 0 Å². The Balaban J connectivity index is 1.30. The van der Waals surface area contributed by atoms with Crippen molar-refractivity contribution < 1.29 is 9.47 Å². The third-order valence-corrected chi connectivity index (χ3v) is 5.76. The van der Waals surface area contributed by atoms with Gasteiger partial charge in [-0.05, 0) is 32.0 Å². The number of methoxy groups -OCH3 is 1. The van der Waals surface area contributed by atoms with Gasteiger partial charge < -0.3 is 9.47 Å². The van der Waals surface area contributed by atoms with Gasteiger partial charge in [-0.2, -0.15) is 0 Å². The average Bonchev–Trinajstić information content (AvgIpc) is 3.11. The molecule has 2 bridgehead atoms. The van der Waals surface area contributed by atoms with Crippen LogP contribution in [0.2, 0.25) is 0 Å². The SMILES string of the molecule is COc1ccc(-c2cc(NC3=NCC4(CN5CCC4CC5)O3)ncn2)cn1. The second-order valence-electron chi connectivity index (χ2n) is 7.34. The molecule has 0 saturated carbocycles. The van der Waals surface area contributed by atoms with E-state index in [2.05, 4.69) is 30.2 Å². The maximum atomic E-state index is 6.31. The van der Waals surface area contributed by atoms with Crippen LogP contribution in [-0.2, 0) is 4.74 Å². The van der Waals surface area contributed by atoms with Gasteiger partial charge in [0.05, 0.1) is 19.3 Å². The number of pyridine rings is 1. The number of nitrogens with one attached hydrogen (secondary N) is 1. The maximum absolute atomic E-state index is 6.31. The Morgan fingerprint density at radius 3 is 2.81 bits per heavy atom. The quantitative estimate of drug-likeness (QED) is 0.887. The first-order valence-electron chi connectivity index (χ1n) is 9.29. The van der Waals surface area contributed by atoms with E-state index in [-0.39, 0.29) is 5.60 Å². The number of aliphatic imine (C=N–C) groups is 1. The molecule has 2 aromatic heterocycles. The number of piperidine rings is 3. The zero-order chi connectivity index (χ0) is 18.3. The predicted molar refractivity (Wildman–Crippen MR) is 101 cm³/mol. The lowest BCUT2D eigenvalue weighted by molar-refractivity contribution is -0.0829. The Hall–Kier alpha value is -2.74. The zero-order valence-electron chi connectivity index (χ0n) is 15.3. The van der Waals surface area contributed by atoms with Gasteiger partial charge in [0.1, 0.15) is 17.7 Å². The molecular weight excluding hydrogens is 344 g/mol. The van der Waals surface area contributed by atoms with Crippen LogP contribution in [0.4, 0.5) is 5.82 Å². The minimum Gasteiger partial charge on any atom is -0.481 e. The summed E-state index contributed by atoms with van der Waals surface area (Å²) in [7, 11) is 1.60. The molecule has 1 unspecified atom stereocenters. The maximum Gasteiger partial charge on any atom is 0.291 e. The fourth-order valence-corrected chi connectivity index (χ4v) is 4.29. The zero-order valence-corrected chi connectivity index (χ0v) is 15.3. The minimum absolute atomic E-state index is 0.158. The molecule has 0 aromatic carbocycles. The Bertz CT molecular complexity index is 863. The van der Waals surface area contributed by atoms with Gasteiger partial charge in [0.15, 0.2) is 0 Å². The van der Waals surface area contributed by atoms with Crippen LogP contribution in [0.15, 0.2) is 35.7 Å². The number of hydrogen-bond acceptors (Lipinski definition) is 8. The van der Waals surface area contributed by atoms with E-state index >= 15 is 0 Å². The normalized spacial score (nSPS) is 28.7. The second kappa shape index (κ2) is 6.45. The summed E-state index contributed by atoms with van der Waals surface area (Å²) in [6.07, 6.45) is 5.66. The van der Waals surface area contributed by atoms with Crippen molar-refractivity contribution in [2.75, 3.05) is 38.6 Å². The van der Waals surface area contributed by atoms with E-state index in [0.29, 0.717) is 23.6 Å². The highest BCUT2D eigenvalue weighted by atomic mass is 16.5. The lowest BCUT2D eigenvalue weighted by Crippen LogP contribution is -2.61. The molecule has 0 radical (unpaired) electrons. The van der Waals surface area contributed by atoms with Crippen molar-refractivity contribution in [3.63, 3.8) is 0 Å². The fourth-order valence-electron chi connectivity index (χ4n) is 4.29. The van der Waals surface area contributed by atoms with Gasteiger partial charge in [-0.15, -0.1) is 0 Å². The van der Waals surface area contributed by atoms with Gasteiger partial charge in [0, 0.05) is 36.4 Å². The van der Waals surface area contributed by atoms with Crippen LogP contribution in [0.1, 0.15) is 12.8 Å². The third-order valence-electron chi connectivity index (χ3n) is 5.76. The lowest BCUT2D eigenvalue weighted by Gasteiger charge is -2.50. The van der Waals surface area contributed by atoms with Gasteiger partial charge in [-0.3, -0.25) is 10.2 Å². The smallest absolute Gasteiger partial charge is 0.291 e. The molecular formula is C19H22N6O2. The first-order valence-corrected chi connectivity index (χ1v) is 9.29. The van der Waals surface area contributed by atoms with Crippen LogP contribution in [0.3, 0.4) is 0 Å². The van der Waals surface area contributed by atoms with Crippen molar-refractivity contribution in [3.05, 3.63) is 30.7 Å². The number of rotatable bonds is 3. The van der Waals surface area contributed by atoms with Crippen molar-refractivity contribution in [2.24, 2.45) is 10.9 Å². The molecule has 3 saturated heterocycles. The fraction of sp³-hybridized carbons (Fsp3) is 0.474. The summed E-state index contributed by atoms with van der Waals surface area (Å²) in [5.74, 6) is 1.83. The van der Waals surface area contributed by atoms with Crippen molar-refractivity contribution >= 4 is 11.8 Å². The van der Waals surface area contributed by atoms with Gasteiger partial charge in [0.25, 0.3) is 6.02 Å². The molecule has 1 N–H and O–H groups in total. The number of ether oxygens (including phenoxy) is 2. The molecule has 6 rings (SSSR count). The topological polar surface area (TPSA) is 84.8 Å². The Kier molecular flexibility index (Phi) is 3.93. The third kappa shape index (κ3) is 2.99. The van der Waals surface area contributed by atoms with E-state index < -0.39 is 0 Å². The first kappa shape index (κ1) is 16.4. The highest BCUT2D eigenvalue weighted by molar-refractivity contribution is 5.90. The van der Waals surface area contributed by atoms with E-state index in [1.807, 2.05) is 18.2 Å². The summed E-state index contributed by atoms with van der Waals surface area (Å²) in [6.45, 7) is 4.06. The van der Waals surface area contributed by atoms with E-state index in [1.54, 1.807) is 13.3 Å². The van der Waals surface area contributed by atoms with Gasteiger partial charge in [0.2, 0.25) is 5.88 Å². The molecule has 1 atom stereocenters. The van der Waals surface area contributed by atoms with E-state index in [0.717, 1.165) is 24.3 Å². The summed E-state index contributed by atoms with van der Waals surface area (Å²) >= 11 is 0. The van der Waals surface area contributed by atoms with Crippen LogP contribution in [0.5, 0.6) is 5.88 Å². The number of nitrogens with zero attached hydrogens (tertiary/aromatic N) is 5. The van der Waals surface area contributed by atoms with E-state index in [4.69, 9.17) is 9.47 Å². The van der Waals surface area contributed by atoms with Crippen LogP contribution in [-0.4, -0.2) is 64.8 Å². The Morgan fingerprint density at radius 2 is 2.11 bits per heavy atom. The predicted octanol–water partition coefficient (Wildman–Crippen LogP) is 1.81. The van der Waals surface area contributed by atoms with Crippen LogP contribution < -0.4 is 10.1 Å². The summed E-state index contributed by atoms with van der Waals surface area (Å²) in [5.41, 5.74) is 1.51. The van der Waals surface area contributed by atoms with Gasteiger partial charge >= 0.3 is 0 Å². The summed E-state index contributed by atoms with van der Waals surface area (Å²) in [4.78, 5) is 20.0. The van der Waals surface area contributed by atoms with Crippen molar-refractivity contribution in [3.8, 4) is 17.1 Å². The van der Waals surface area contributed by atoms with Crippen molar-refractivity contribution in [1.82, 2.24) is 19.9 Å². The van der Waals surface area contributed by atoms with Gasteiger partial charge in [-0.1, -0.05) is 0 Å². The molecule has 1 spiro atoms. The summed E-state index contributed by atoms with van der Waals surface area (Å²) in [5, 5.41) is 3.22. The van der Waals surface area contributed by atoms with Crippen LogP contribution in [0.25, 0.3) is 11.3 Å². The highest BCUT2D eigenvalue weighted by Crippen LogP contribution is 2.40. The Labute approximate surface area is 157 Å². The molecule has 0 aliphatic carbocycles. The number of fused-ring (bicyclic) bond motifs is 2. The lowest BCUT2D eigenvalue weighted by atomic mass is 9.75. The number of aromatic nitrogens is 3. The Morgan fingerprint density at radius 1 is 1.22 bits per heavy atom. The van der Waals surface area contributed by atoms with Crippen LogP contribution >= 0.6 is 0 Å². The van der Waals surface area contributed by atoms with E-state index in [9.17, 15) is 0 Å². The molecule has 27 heavy (non-hydrogen) atoms. The number of anilines is 1. The molecule has 4 aliphatic rings.